The predicted octanol–water partition coefficient (Wildman–Crippen LogP) is 0.807. The Bertz CT molecular complexity index is 350. The zero-order valence-electron chi connectivity index (χ0n) is 9.45. The van der Waals surface area contributed by atoms with Gasteiger partial charge in [-0.05, 0) is 13.0 Å². The molecular weight excluding hydrogens is 190 g/mol. The summed E-state index contributed by atoms with van der Waals surface area (Å²) in [5, 5.41) is 3.27. The number of hydrogen-bond donors (Lipinski definition) is 1. The fourth-order valence-corrected chi connectivity index (χ4v) is 1.71. The van der Waals surface area contributed by atoms with E-state index in [1.807, 2.05) is 6.92 Å². The Morgan fingerprint density at radius 3 is 2.80 bits per heavy atom. The SMILES string of the molecule is COc1cnc(C)cc1N(C)C1CNC1. The van der Waals surface area contributed by atoms with Crippen molar-refractivity contribution in [2.45, 2.75) is 13.0 Å². The summed E-state index contributed by atoms with van der Waals surface area (Å²) in [5.74, 6) is 0.843. The molecule has 0 aliphatic carbocycles. The van der Waals surface area contributed by atoms with Crippen LogP contribution in [0, 0.1) is 6.92 Å². The van der Waals surface area contributed by atoms with E-state index in [-0.39, 0.29) is 0 Å². The molecule has 1 N–H and O–H groups in total. The van der Waals surface area contributed by atoms with Gasteiger partial charge in [-0.2, -0.15) is 0 Å². The van der Waals surface area contributed by atoms with Gasteiger partial charge in [-0.15, -0.1) is 0 Å². The van der Waals surface area contributed by atoms with Crippen molar-refractivity contribution in [2.75, 3.05) is 32.1 Å². The highest BCUT2D eigenvalue weighted by Gasteiger charge is 2.23. The number of aromatic nitrogens is 1. The van der Waals surface area contributed by atoms with E-state index in [0.29, 0.717) is 6.04 Å². The van der Waals surface area contributed by atoms with Gasteiger partial charge < -0.3 is 15.0 Å². The summed E-state index contributed by atoms with van der Waals surface area (Å²) in [4.78, 5) is 6.48. The average Bonchev–Trinajstić information content (AvgIpc) is 2.15. The standard InChI is InChI=1S/C11H17N3O/c1-8-4-10(11(15-3)7-13-8)14(2)9-5-12-6-9/h4,7,9,12H,5-6H2,1-3H3. The first-order chi connectivity index (χ1) is 7.22. The number of rotatable bonds is 3. The number of nitrogens with zero attached hydrogens (tertiary/aromatic N) is 2. The Hall–Kier alpha value is -1.29. The third-order valence-electron chi connectivity index (χ3n) is 2.89. The smallest absolute Gasteiger partial charge is 0.160 e. The van der Waals surface area contributed by atoms with Crippen LogP contribution >= 0.6 is 0 Å². The maximum atomic E-state index is 5.32. The van der Waals surface area contributed by atoms with Crippen molar-refractivity contribution in [3.05, 3.63) is 18.0 Å². The molecule has 1 aliphatic rings. The van der Waals surface area contributed by atoms with Crippen molar-refractivity contribution in [1.29, 1.82) is 0 Å². The lowest BCUT2D eigenvalue weighted by molar-refractivity contribution is 0.399. The lowest BCUT2D eigenvalue weighted by atomic mass is 10.1. The second kappa shape index (κ2) is 4.06. The third-order valence-corrected chi connectivity index (χ3v) is 2.89. The van der Waals surface area contributed by atoms with Crippen LogP contribution in [-0.2, 0) is 0 Å². The molecule has 0 radical (unpaired) electrons. The highest BCUT2D eigenvalue weighted by Crippen LogP contribution is 2.28. The second-order valence-electron chi connectivity index (χ2n) is 3.92. The van der Waals surface area contributed by atoms with Crippen LogP contribution < -0.4 is 15.0 Å². The fraction of sp³-hybridized carbons (Fsp3) is 0.545. The van der Waals surface area contributed by atoms with Gasteiger partial charge in [0.05, 0.1) is 25.0 Å². The molecule has 15 heavy (non-hydrogen) atoms. The van der Waals surface area contributed by atoms with Crippen molar-refractivity contribution in [3.63, 3.8) is 0 Å². The minimum absolute atomic E-state index is 0.570. The average molecular weight is 207 g/mol. The summed E-state index contributed by atoms with van der Waals surface area (Å²) in [6, 6.07) is 2.64. The first-order valence-electron chi connectivity index (χ1n) is 5.16. The van der Waals surface area contributed by atoms with E-state index >= 15 is 0 Å². The number of aryl methyl sites for hydroxylation is 1. The first-order valence-corrected chi connectivity index (χ1v) is 5.16. The van der Waals surface area contributed by atoms with Gasteiger partial charge in [0.25, 0.3) is 0 Å². The molecule has 2 rings (SSSR count). The van der Waals surface area contributed by atoms with Crippen LogP contribution in [0.15, 0.2) is 12.3 Å². The van der Waals surface area contributed by atoms with Gasteiger partial charge >= 0.3 is 0 Å². The summed E-state index contributed by atoms with van der Waals surface area (Å²) in [5.41, 5.74) is 2.14. The minimum Gasteiger partial charge on any atom is -0.493 e. The number of methoxy groups -OCH3 is 1. The lowest BCUT2D eigenvalue weighted by Crippen LogP contribution is -2.56. The molecule has 0 saturated carbocycles. The van der Waals surface area contributed by atoms with E-state index in [9.17, 15) is 0 Å². The van der Waals surface area contributed by atoms with E-state index in [0.717, 1.165) is 30.2 Å². The second-order valence-corrected chi connectivity index (χ2v) is 3.92. The first kappa shape index (κ1) is 10.2. The predicted molar refractivity (Wildman–Crippen MR) is 60.6 cm³/mol. The van der Waals surface area contributed by atoms with Gasteiger partial charge in [0, 0.05) is 25.8 Å². The zero-order chi connectivity index (χ0) is 10.8. The molecule has 1 saturated heterocycles. The topological polar surface area (TPSA) is 37.4 Å². The Balaban J connectivity index is 2.27. The van der Waals surface area contributed by atoms with Gasteiger partial charge in [-0.25, -0.2) is 0 Å². The van der Waals surface area contributed by atoms with Crippen molar-refractivity contribution in [3.8, 4) is 5.75 Å². The molecule has 2 heterocycles. The number of anilines is 1. The largest absolute Gasteiger partial charge is 0.493 e. The van der Waals surface area contributed by atoms with Crippen molar-refractivity contribution >= 4 is 5.69 Å². The van der Waals surface area contributed by atoms with Crippen molar-refractivity contribution in [1.82, 2.24) is 10.3 Å². The van der Waals surface area contributed by atoms with E-state index in [4.69, 9.17) is 4.74 Å². The molecule has 4 heteroatoms. The van der Waals surface area contributed by atoms with Crippen LogP contribution in [0.5, 0.6) is 5.75 Å². The molecule has 1 aliphatic heterocycles. The van der Waals surface area contributed by atoms with E-state index in [1.54, 1.807) is 13.3 Å². The zero-order valence-corrected chi connectivity index (χ0v) is 9.45. The quantitative estimate of drug-likeness (QED) is 0.795. The number of likely N-dealkylation sites (N-methyl/N-ethyl adjacent to an activating group) is 1. The molecule has 0 amide bonds. The summed E-state index contributed by atoms with van der Waals surface area (Å²) in [6.45, 7) is 4.08. The van der Waals surface area contributed by atoms with Gasteiger partial charge in [-0.3, -0.25) is 4.98 Å². The number of ether oxygens (including phenoxy) is 1. The number of pyridine rings is 1. The fourth-order valence-electron chi connectivity index (χ4n) is 1.71. The van der Waals surface area contributed by atoms with Crippen molar-refractivity contribution < 1.29 is 4.74 Å². The molecule has 4 nitrogen and oxygen atoms in total. The van der Waals surface area contributed by atoms with E-state index < -0.39 is 0 Å². The molecule has 1 aromatic rings. The van der Waals surface area contributed by atoms with Crippen LogP contribution in [0.1, 0.15) is 5.69 Å². The normalized spacial score (nSPS) is 15.9. The summed E-state index contributed by atoms with van der Waals surface area (Å²) >= 11 is 0. The summed E-state index contributed by atoms with van der Waals surface area (Å²) in [6.07, 6.45) is 1.78. The molecule has 1 fully saturated rings. The lowest BCUT2D eigenvalue weighted by Gasteiger charge is -2.37. The van der Waals surface area contributed by atoms with Crippen LogP contribution in [0.25, 0.3) is 0 Å². The number of hydrogen-bond acceptors (Lipinski definition) is 4. The maximum Gasteiger partial charge on any atom is 0.160 e. The molecule has 0 unspecified atom stereocenters. The minimum atomic E-state index is 0.570. The Morgan fingerprint density at radius 2 is 2.27 bits per heavy atom. The molecule has 1 aromatic heterocycles. The molecular formula is C11H17N3O. The van der Waals surface area contributed by atoms with Crippen molar-refractivity contribution in [2.24, 2.45) is 0 Å². The Kier molecular flexibility index (Phi) is 2.77. The Morgan fingerprint density at radius 1 is 1.53 bits per heavy atom. The van der Waals surface area contributed by atoms with Crippen LogP contribution in [-0.4, -0.2) is 38.3 Å². The van der Waals surface area contributed by atoms with E-state index in [1.165, 1.54) is 0 Å². The highest BCUT2D eigenvalue weighted by molar-refractivity contribution is 5.58. The maximum absolute atomic E-state index is 5.32. The van der Waals surface area contributed by atoms with E-state index in [2.05, 4.69) is 28.3 Å². The highest BCUT2D eigenvalue weighted by atomic mass is 16.5. The van der Waals surface area contributed by atoms with Crippen LogP contribution in [0.3, 0.4) is 0 Å². The van der Waals surface area contributed by atoms with Gasteiger partial charge in [0.1, 0.15) is 0 Å². The summed E-state index contributed by atoms with van der Waals surface area (Å²) < 4.78 is 5.32. The molecule has 0 aromatic carbocycles. The van der Waals surface area contributed by atoms with Crippen LogP contribution in [0.4, 0.5) is 5.69 Å². The monoisotopic (exact) mass is 207 g/mol. The molecule has 0 bridgehead atoms. The molecule has 0 spiro atoms. The van der Waals surface area contributed by atoms with Gasteiger partial charge in [0.15, 0.2) is 5.75 Å². The van der Waals surface area contributed by atoms with Crippen LogP contribution in [0.2, 0.25) is 0 Å². The van der Waals surface area contributed by atoms with Gasteiger partial charge in [-0.1, -0.05) is 0 Å². The van der Waals surface area contributed by atoms with Gasteiger partial charge in [0.2, 0.25) is 0 Å². The Labute approximate surface area is 90.3 Å². The third kappa shape index (κ3) is 1.90. The number of nitrogens with one attached hydrogen (secondary N) is 1. The molecule has 82 valence electrons. The molecule has 0 atom stereocenters. The summed E-state index contributed by atoms with van der Waals surface area (Å²) in [7, 11) is 3.78.